The first-order chi connectivity index (χ1) is 19.9. The van der Waals surface area contributed by atoms with Gasteiger partial charge in [-0.25, -0.2) is 9.59 Å². The van der Waals surface area contributed by atoms with Gasteiger partial charge in [0.15, 0.2) is 6.79 Å². The molecule has 218 valence electrons. The molecular weight excluding hydrogens is 572 g/mol. The second-order valence-electron chi connectivity index (χ2n) is 9.62. The molecule has 0 saturated carbocycles. The smallest absolute Gasteiger partial charge is 0.462 e. The predicted octanol–water partition coefficient (Wildman–Crippen LogP) is 3.85. The van der Waals surface area contributed by atoms with Crippen molar-refractivity contribution in [3.05, 3.63) is 52.5 Å². The van der Waals surface area contributed by atoms with Gasteiger partial charge in [-0.05, 0) is 54.2 Å². The lowest BCUT2D eigenvalue weighted by molar-refractivity contribution is -0.156. The molecule has 41 heavy (non-hydrogen) atoms. The largest absolute Gasteiger partial charge is 0.512 e. The van der Waals surface area contributed by atoms with Gasteiger partial charge in [-0.1, -0.05) is 29.8 Å². The number of piperazine rings is 1. The number of benzene rings is 2. The van der Waals surface area contributed by atoms with Crippen LogP contribution in [-0.4, -0.2) is 86.8 Å². The summed E-state index contributed by atoms with van der Waals surface area (Å²) < 4.78 is 25.5. The minimum Gasteiger partial charge on any atom is -0.462 e. The third-order valence-corrected chi connectivity index (χ3v) is 8.24. The zero-order valence-corrected chi connectivity index (χ0v) is 24.4. The van der Waals surface area contributed by atoms with Crippen LogP contribution < -0.4 is 9.80 Å². The molecule has 1 saturated heterocycles. The zero-order valence-electron chi connectivity index (χ0n) is 22.8. The number of ether oxygens (including phenoxy) is 4. The number of amides is 1. The Kier molecular flexibility index (Phi) is 9.23. The molecule has 2 aliphatic heterocycles. The lowest BCUT2D eigenvalue weighted by Crippen LogP contribution is -2.47. The number of hydrogen-bond acceptors (Lipinski definition) is 11. The van der Waals surface area contributed by atoms with E-state index in [-0.39, 0.29) is 19.8 Å². The van der Waals surface area contributed by atoms with Gasteiger partial charge >= 0.3 is 12.1 Å². The van der Waals surface area contributed by atoms with Gasteiger partial charge in [-0.2, -0.15) is 4.37 Å². The van der Waals surface area contributed by atoms with Gasteiger partial charge in [0.1, 0.15) is 5.82 Å². The molecule has 0 N–H and O–H groups in total. The van der Waals surface area contributed by atoms with Gasteiger partial charge in [0.05, 0.1) is 23.4 Å². The Morgan fingerprint density at radius 2 is 1.90 bits per heavy atom. The standard InChI is InChI=1S/C28H31ClN4O7S/c1-3-38-27(35)26(40-28(36)39-17-37-2)33-22-16-21(29)18(14-19(22)15-24(33)34)8-9-31-10-12-32(13-11-31)25-20-6-4-5-7-23(20)41-30-25/h4-7,14,16,26H,3,8-13,15,17H2,1-2H3. The molecule has 5 rings (SSSR count). The number of hydrogen-bond donors (Lipinski definition) is 0. The number of carbonyl (C=O) groups is 3. The number of anilines is 2. The van der Waals surface area contributed by atoms with E-state index in [4.69, 9.17) is 30.5 Å². The molecule has 0 radical (unpaired) electrons. The summed E-state index contributed by atoms with van der Waals surface area (Å²) >= 11 is 8.20. The van der Waals surface area contributed by atoms with Crippen LogP contribution in [0.25, 0.3) is 10.1 Å². The highest BCUT2D eigenvalue weighted by molar-refractivity contribution is 7.13. The molecule has 1 unspecified atom stereocenters. The van der Waals surface area contributed by atoms with Crippen molar-refractivity contribution in [1.29, 1.82) is 0 Å². The third-order valence-electron chi connectivity index (χ3n) is 7.07. The minimum absolute atomic E-state index is 0.0339. The first kappa shape index (κ1) is 29.1. The Bertz CT molecular complexity index is 1430. The molecule has 0 bridgehead atoms. The van der Waals surface area contributed by atoms with E-state index in [0.29, 0.717) is 22.7 Å². The summed E-state index contributed by atoms with van der Waals surface area (Å²) in [6, 6.07) is 11.8. The van der Waals surface area contributed by atoms with Crippen LogP contribution in [0, 0.1) is 0 Å². The van der Waals surface area contributed by atoms with Crippen LogP contribution in [0.1, 0.15) is 18.1 Å². The highest BCUT2D eigenvalue weighted by Crippen LogP contribution is 2.36. The van der Waals surface area contributed by atoms with Gasteiger partial charge in [0, 0.05) is 50.2 Å². The summed E-state index contributed by atoms with van der Waals surface area (Å²) in [5.41, 5.74) is 1.99. The lowest BCUT2D eigenvalue weighted by atomic mass is 10.1. The molecule has 13 heteroatoms. The Morgan fingerprint density at radius 1 is 1.12 bits per heavy atom. The maximum Gasteiger partial charge on any atom is 0.512 e. The van der Waals surface area contributed by atoms with Crippen LogP contribution in [0.3, 0.4) is 0 Å². The molecule has 11 nitrogen and oxygen atoms in total. The number of carbonyl (C=O) groups excluding carboxylic acids is 3. The van der Waals surface area contributed by atoms with Crippen molar-refractivity contribution in [2.75, 3.05) is 63.0 Å². The monoisotopic (exact) mass is 602 g/mol. The van der Waals surface area contributed by atoms with Crippen molar-refractivity contribution in [2.45, 2.75) is 26.0 Å². The van der Waals surface area contributed by atoms with E-state index in [1.165, 1.54) is 28.7 Å². The summed E-state index contributed by atoms with van der Waals surface area (Å²) in [6.45, 7) is 5.66. The summed E-state index contributed by atoms with van der Waals surface area (Å²) in [5.74, 6) is -0.261. The zero-order chi connectivity index (χ0) is 28.9. The van der Waals surface area contributed by atoms with Crippen molar-refractivity contribution in [2.24, 2.45) is 0 Å². The molecule has 1 fully saturated rings. The van der Waals surface area contributed by atoms with Gasteiger partial charge in [0.2, 0.25) is 5.91 Å². The Hall–Kier alpha value is -3.45. The van der Waals surface area contributed by atoms with Crippen molar-refractivity contribution in [3.8, 4) is 0 Å². The van der Waals surface area contributed by atoms with E-state index in [1.54, 1.807) is 13.0 Å². The van der Waals surface area contributed by atoms with Crippen LogP contribution >= 0.6 is 23.1 Å². The van der Waals surface area contributed by atoms with Crippen molar-refractivity contribution in [3.63, 3.8) is 0 Å². The SMILES string of the molecule is CCOC(=O)C(OC(=O)OCOC)N1C(=O)Cc2cc(CCN3CCN(c4nsc5ccccc45)CC3)c(Cl)cc21. The average molecular weight is 603 g/mol. The fraction of sp³-hybridized carbons (Fsp3) is 0.429. The molecule has 1 aromatic heterocycles. The van der Waals surface area contributed by atoms with Crippen LogP contribution in [0.2, 0.25) is 5.02 Å². The number of aromatic nitrogens is 1. The third kappa shape index (κ3) is 6.40. The van der Waals surface area contributed by atoms with Gasteiger partial charge < -0.3 is 23.8 Å². The highest BCUT2D eigenvalue weighted by Gasteiger charge is 2.41. The van der Waals surface area contributed by atoms with E-state index in [1.807, 2.05) is 18.2 Å². The molecule has 1 amide bonds. The molecule has 1 atom stereocenters. The van der Waals surface area contributed by atoms with Gasteiger partial charge in [0.25, 0.3) is 6.23 Å². The maximum absolute atomic E-state index is 13.0. The first-order valence-corrected chi connectivity index (χ1v) is 14.5. The fourth-order valence-corrected chi connectivity index (χ4v) is 6.12. The normalized spacial score (nSPS) is 16.1. The van der Waals surface area contributed by atoms with E-state index >= 15 is 0 Å². The lowest BCUT2D eigenvalue weighted by Gasteiger charge is -2.35. The van der Waals surface area contributed by atoms with Crippen molar-refractivity contribution < 1.29 is 33.3 Å². The van der Waals surface area contributed by atoms with E-state index in [0.717, 1.165) is 49.0 Å². The highest BCUT2D eigenvalue weighted by atomic mass is 35.5. The number of halogens is 1. The summed E-state index contributed by atoms with van der Waals surface area (Å²) in [7, 11) is 1.33. The molecule has 2 aromatic carbocycles. The van der Waals surface area contributed by atoms with Crippen LogP contribution in [0.4, 0.5) is 16.3 Å². The quantitative estimate of drug-likeness (QED) is 0.251. The van der Waals surface area contributed by atoms with E-state index in [9.17, 15) is 14.4 Å². The summed E-state index contributed by atoms with van der Waals surface area (Å²) in [5, 5.41) is 1.66. The Balaban J connectivity index is 1.23. The van der Waals surface area contributed by atoms with E-state index in [2.05, 4.69) is 26.3 Å². The first-order valence-electron chi connectivity index (χ1n) is 13.3. The molecule has 3 heterocycles. The topological polar surface area (TPSA) is 111 Å². The maximum atomic E-state index is 13.0. The van der Waals surface area contributed by atoms with Crippen molar-refractivity contribution >= 4 is 62.8 Å². The van der Waals surface area contributed by atoms with Crippen LogP contribution in [0.15, 0.2) is 36.4 Å². The molecule has 0 spiro atoms. The molecule has 3 aromatic rings. The number of methoxy groups -OCH3 is 1. The van der Waals surface area contributed by atoms with Gasteiger partial charge in [-0.15, -0.1) is 0 Å². The summed E-state index contributed by atoms with van der Waals surface area (Å²) in [6.07, 6.45) is -2.09. The molecular formula is C28H31ClN4O7S. The second-order valence-corrected chi connectivity index (χ2v) is 10.8. The van der Waals surface area contributed by atoms with Crippen LogP contribution in [-0.2, 0) is 41.4 Å². The molecule has 0 aliphatic carbocycles. The minimum atomic E-state index is -1.65. The number of fused-ring (bicyclic) bond motifs is 2. The van der Waals surface area contributed by atoms with E-state index < -0.39 is 24.3 Å². The number of nitrogens with zero attached hydrogens (tertiary/aromatic N) is 4. The predicted molar refractivity (Wildman–Crippen MR) is 154 cm³/mol. The number of esters is 1. The van der Waals surface area contributed by atoms with Crippen molar-refractivity contribution in [1.82, 2.24) is 9.27 Å². The van der Waals surface area contributed by atoms with Gasteiger partial charge in [-0.3, -0.25) is 14.6 Å². The fourth-order valence-electron chi connectivity index (χ4n) is 5.07. The average Bonchev–Trinajstić information content (AvgIpc) is 3.54. The second kappa shape index (κ2) is 13.0. The Morgan fingerprint density at radius 3 is 2.66 bits per heavy atom. The Labute approximate surface area is 246 Å². The van der Waals surface area contributed by atoms with Crippen LogP contribution in [0.5, 0.6) is 0 Å². The molecule has 2 aliphatic rings. The summed E-state index contributed by atoms with van der Waals surface area (Å²) in [4.78, 5) is 43.6. The number of rotatable bonds is 10.